The van der Waals surface area contributed by atoms with E-state index in [-0.39, 0.29) is 18.6 Å². The molecule has 0 fully saturated rings. The minimum atomic E-state index is -0.165. The normalized spacial score (nSPS) is 12.7. The number of fused-ring (bicyclic) bond motifs is 1. The third kappa shape index (κ3) is 2.13. The molecule has 1 amide bonds. The van der Waals surface area contributed by atoms with Gasteiger partial charge in [-0.15, -0.1) is 11.3 Å². The molecule has 0 radical (unpaired) electrons. The lowest BCUT2D eigenvalue weighted by Crippen LogP contribution is -2.37. The highest BCUT2D eigenvalue weighted by atomic mass is 32.1. The van der Waals surface area contributed by atoms with Crippen molar-refractivity contribution in [2.24, 2.45) is 0 Å². The summed E-state index contributed by atoms with van der Waals surface area (Å²) in [6.07, 6.45) is 0. The average Bonchev–Trinajstić information content (AvgIpc) is 2.74. The van der Waals surface area contributed by atoms with Gasteiger partial charge in [-0.05, 0) is 30.9 Å². The minimum Gasteiger partial charge on any atom is -0.394 e. The molecule has 96 valence electrons. The summed E-state index contributed by atoms with van der Waals surface area (Å²) in [7, 11) is 1.73. The van der Waals surface area contributed by atoms with Crippen LogP contribution >= 0.6 is 11.3 Å². The van der Waals surface area contributed by atoms with Gasteiger partial charge in [0.1, 0.15) is 0 Å². The Morgan fingerprint density at radius 3 is 2.72 bits per heavy atom. The van der Waals surface area contributed by atoms with Crippen LogP contribution in [0.1, 0.15) is 22.2 Å². The van der Waals surface area contributed by atoms with Crippen LogP contribution < -0.4 is 0 Å². The van der Waals surface area contributed by atoms with Crippen LogP contribution in [0.4, 0.5) is 0 Å². The van der Waals surface area contributed by atoms with Crippen molar-refractivity contribution < 1.29 is 9.90 Å². The van der Waals surface area contributed by atoms with Crippen LogP contribution in [-0.2, 0) is 0 Å². The molecule has 0 saturated heterocycles. The number of likely N-dealkylation sites (N-methyl/N-ethyl adjacent to an activating group) is 1. The van der Waals surface area contributed by atoms with Gasteiger partial charge in [-0.2, -0.15) is 0 Å². The van der Waals surface area contributed by atoms with Crippen molar-refractivity contribution in [3.8, 4) is 0 Å². The maximum Gasteiger partial charge on any atom is 0.264 e. The van der Waals surface area contributed by atoms with Crippen molar-refractivity contribution in [2.75, 3.05) is 13.7 Å². The van der Waals surface area contributed by atoms with Gasteiger partial charge in [0, 0.05) is 11.7 Å². The third-order valence-corrected chi connectivity index (χ3v) is 4.54. The first kappa shape index (κ1) is 13.1. The molecule has 0 aliphatic carbocycles. The number of carbonyl (C=O) groups is 1. The second kappa shape index (κ2) is 5.08. The van der Waals surface area contributed by atoms with Gasteiger partial charge in [0.05, 0.1) is 17.5 Å². The quantitative estimate of drug-likeness (QED) is 0.925. The van der Waals surface area contributed by atoms with Gasteiger partial charge in [-0.1, -0.05) is 18.2 Å². The smallest absolute Gasteiger partial charge is 0.264 e. The molecule has 18 heavy (non-hydrogen) atoms. The van der Waals surface area contributed by atoms with E-state index in [1.165, 1.54) is 11.3 Å². The monoisotopic (exact) mass is 263 g/mol. The van der Waals surface area contributed by atoms with Gasteiger partial charge in [0.15, 0.2) is 0 Å². The zero-order chi connectivity index (χ0) is 13.3. The number of benzene rings is 1. The van der Waals surface area contributed by atoms with Crippen molar-refractivity contribution in [1.82, 2.24) is 4.90 Å². The summed E-state index contributed by atoms with van der Waals surface area (Å²) in [6, 6.07) is 7.86. The molecule has 0 saturated carbocycles. The first-order chi connectivity index (χ1) is 8.56. The number of nitrogens with zero attached hydrogens (tertiary/aromatic N) is 1. The first-order valence-electron chi connectivity index (χ1n) is 5.92. The van der Waals surface area contributed by atoms with Crippen molar-refractivity contribution in [3.05, 3.63) is 34.7 Å². The Morgan fingerprint density at radius 1 is 1.44 bits per heavy atom. The lowest BCUT2D eigenvalue weighted by atomic mass is 10.1. The van der Waals surface area contributed by atoms with Crippen molar-refractivity contribution in [1.29, 1.82) is 0 Å². The molecular weight excluding hydrogens is 246 g/mol. The Balaban J connectivity index is 2.42. The van der Waals surface area contributed by atoms with Gasteiger partial charge in [-0.25, -0.2) is 0 Å². The number of aliphatic hydroxyl groups excluding tert-OH is 1. The molecule has 1 N–H and O–H groups in total. The average molecular weight is 263 g/mol. The van der Waals surface area contributed by atoms with E-state index in [4.69, 9.17) is 5.11 Å². The number of hydrogen-bond acceptors (Lipinski definition) is 3. The number of aliphatic hydroxyl groups is 1. The molecule has 2 aromatic rings. The van der Waals surface area contributed by atoms with Crippen LogP contribution in [0.2, 0.25) is 0 Å². The Kier molecular flexibility index (Phi) is 3.68. The Labute approximate surface area is 111 Å². The fourth-order valence-electron chi connectivity index (χ4n) is 1.86. The van der Waals surface area contributed by atoms with E-state index in [1.807, 2.05) is 38.1 Å². The second-order valence-electron chi connectivity index (χ2n) is 4.50. The number of thiophene rings is 1. The topological polar surface area (TPSA) is 40.5 Å². The first-order valence-corrected chi connectivity index (χ1v) is 6.74. The van der Waals surface area contributed by atoms with Crippen LogP contribution in [-0.4, -0.2) is 35.6 Å². The Hall–Kier alpha value is -1.39. The molecule has 0 bridgehead atoms. The van der Waals surface area contributed by atoms with Crippen LogP contribution in [0.25, 0.3) is 10.1 Å². The van der Waals surface area contributed by atoms with E-state index in [2.05, 4.69) is 0 Å². The molecule has 2 rings (SSSR count). The van der Waals surface area contributed by atoms with E-state index in [0.29, 0.717) is 0 Å². The standard InChI is InChI=1S/C14H17NO2S/c1-9(8-16)15(3)14(17)13-10(2)11-6-4-5-7-12(11)18-13/h4-7,9,16H,8H2,1-3H3. The number of rotatable bonds is 3. The highest BCUT2D eigenvalue weighted by molar-refractivity contribution is 7.21. The van der Waals surface area contributed by atoms with Gasteiger partial charge < -0.3 is 10.0 Å². The molecule has 0 aliphatic heterocycles. The van der Waals surface area contributed by atoms with E-state index >= 15 is 0 Å². The van der Waals surface area contributed by atoms with E-state index < -0.39 is 0 Å². The Bertz CT molecular complexity index is 576. The summed E-state index contributed by atoms with van der Waals surface area (Å²) < 4.78 is 1.13. The van der Waals surface area contributed by atoms with Gasteiger partial charge in [0.25, 0.3) is 5.91 Å². The van der Waals surface area contributed by atoms with Crippen molar-refractivity contribution >= 4 is 27.3 Å². The van der Waals surface area contributed by atoms with Crippen LogP contribution in [0, 0.1) is 6.92 Å². The lowest BCUT2D eigenvalue weighted by Gasteiger charge is -2.22. The number of aryl methyl sites for hydroxylation is 1. The zero-order valence-corrected chi connectivity index (χ0v) is 11.6. The molecular formula is C14H17NO2S. The third-order valence-electron chi connectivity index (χ3n) is 3.28. The number of hydrogen-bond donors (Lipinski definition) is 1. The van der Waals surface area contributed by atoms with Crippen molar-refractivity contribution in [3.63, 3.8) is 0 Å². The summed E-state index contributed by atoms with van der Waals surface area (Å²) in [5, 5.41) is 10.3. The van der Waals surface area contributed by atoms with E-state index in [0.717, 1.165) is 20.5 Å². The molecule has 1 heterocycles. The van der Waals surface area contributed by atoms with Gasteiger partial charge in [-0.3, -0.25) is 4.79 Å². The summed E-state index contributed by atoms with van der Waals surface area (Å²) in [6.45, 7) is 3.79. The molecule has 0 aliphatic rings. The highest BCUT2D eigenvalue weighted by Gasteiger charge is 2.21. The summed E-state index contributed by atoms with van der Waals surface area (Å²) in [4.78, 5) is 14.7. The highest BCUT2D eigenvalue weighted by Crippen LogP contribution is 2.31. The largest absolute Gasteiger partial charge is 0.394 e. The van der Waals surface area contributed by atoms with Gasteiger partial charge >= 0.3 is 0 Å². The zero-order valence-electron chi connectivity index (χ0n) is 10.8. The molecule has 0 spiro atoms. The minimum absolute atomic E-state index is 0.0183. The molecule has 1 unspecified atom stereocenters. The summed E-state index contributed by atoms with van der Waals surface area (Å²) >= 11 is 1.52. The fraction of sp³-hybridized carbons (Fsp3) is 0.357. The van der Waals surface area contributed by atoms with Crippen LogP contribution in [0.15, 0.2) is 24.3 Å². The van der Waals surface area contributed by atoms with E-state index in [9.17, 15) is 4.79 Å². The van der Waals surface area contributed by atoms with E-state index in [1.54, 1.807) is 11.9 Å². The molecule has 1 aromatic heterocycles. The van der Waals surface area contributed by atoms with Gasteiger partial charge in [0.2, 0.25) is 0 Å². The van der Waals surface area contributed by atoms with Crippen molar-refractivity contribution in [2.45, 2.75) is 19.9 Å². The maximum absolute atomic E-state index is 12.4. The lowest BCUT2D eigenvalue weighted by molar-refractivity contribution is 0.0686. The fourth-order valence-corrected chi connectivity index (χ4v) is 3.05. The second-order valence-corrected chi connectivity index (χ2v) is 5.55. The van der Waals surface area contributed by atoms with Crippen LogP contribution in [0.5, 0.6) is 0 Å². The Morgan fingerprint density at radius 2 is 2.11 bits per heavy atom. The van der Waals surface area contributed by atoms with Crippen LogP contribution in [0.3, 0.4) is 0 Å². The molecule has 1 aromatic carbocycles. The number of carbonyl (C=O) groups excluding carboxylic acids is 1. The molecule has 1 atom stereocenters. The molecule has 3 nitrogen and oxygen atoms in total. The maximum atomic E-state index is 12.4. The summed E-state index contributed by atoms with van der Waals surface area (Å²) in [5.74, 6) is -0.0183. The summed E-state index contributed by atoms with van der Waals surface area (Å²) in [5.41, 5.74) is 1.03. The predicted molar refractivity (Wildman–Crippen MR) is 75.2 cm³/mol. The molecule has 4 heteroatoms. The SMILES string of the molecule is Cc1c(C(=O)N(C)C(C)CO)sc2ccccc12. The number of amides is 1. The predicted octanol–water partition coefficient (Wildman–Crippen LogP) is 2.66.